The molecule has 0 saturated heterocycles. The van der Waals surface area contributed by atoms with Crippen LogP contribution in [0.3, 0.4) is 0 Å². The zero-order valence-corrected chi connectivity index (χ0v) is 11.8. The number of carbonyl (C=O) groups excluding carboxylic acids is 1. The molecule has 0 spiro atoms. The van der Waals surface area contributed by atoms with Gasteiger partial charge in [0.1, 0.15) is 0 Å². The third-order valence-electron chi connectivity index (χ3n) is 2.90. The van der Waals surface area contributed by atoms with Crippen molar-refractivity contribution in [1.82, 2.24) is 0 Å². The van der Waals surface area contributed by atoms with Gasteiger partial charge in [0.25, 0.3) is 0 Å². The van der Waals surface area contributed by atoms with E-state index < -0.39 is 0 Å². The Morgan fingerprint density at radius 2 is 2.05 bits per heavy atom. The van der Waals surface area contributed by atoms with Crippen LogP contribution in [0.4, 0.5) is 0 Å². The molecule has 0 saturated carbocycles. The molecule has 0 amide bonds. The second-order valence-corrected chi connectivity index (χ2v) is 4.54. The van der Waals surface area contributed by atoms with Crippen LogP contribution in [0.1, 0.15) is 32.3 Å². The van der Waals surface area contributed by atoms with E-state index in [2.05, 4.69) is 30.9 Å². The summed E-state index contributed by atoms with van der Waals surface area (Å²) in [5.74, 6) is -0.358. The molecule has 0 aliphatic heterocycles. The Bertz CT molecular complexity index is 432. The Labute approximate surface area is 115 Å². The first kappa shape index (κ1) is 15.2. The molecule has 19 heavy (non-hydrogen) atoms. The van der Waals surface area contributed by atoms with Gasteiger partial charge in [-0.2, -0.15) is 0 Å². The fourth-order valence-electron chi connectivity index (χ4n) is 1.85. The summed E-state index contributed by atoms with van der Waals surface area (Å²) in [5.41, 5.74) is 2.04. The normalized spacial score (nSPS) is 12.3. The molecule has 1 aromatic rings. The Morgan fingerprint density at radius 3 is 2.63 bits per heavy atom. The van der Waals surface area contributed by atoms with Crippen LogP contribution in [0, 0.1) is 5.92 Å². The van der Waals surface area contributed by atoms with E-state index >= 15 is 0 Å². The Balaban J connectivity index is 2.47. The van der Waals surface area contributed by atoms with Crippen LogP contribution >= 0.6 is 0 Å². The van der Waals surface area contributed by atoms with Crippen molar-refractivity contribution in [3.8, 4) is 0 Å². The third-order valence-corrected chi connectivity index (χ3v) is 2.90. The lowest BCUT2D eigenvalue weighted by atomic mass is 9.96. The second-order valence-electron chi connectivity index (χ2n) is 4.54. The number of benzene rings is 1. The summed E-state index contributed by atoms with van der Waals surface area (Å²) >= 11 is 0. The molecule has 0 aliphatic carbocycles. The average molecular weight is 258 g/mol. The zero-order valence-electron chi connectivity index (χ0n) is 11.8. The van der Waals surface area contributed by atoms with E-state index in [1.165, 1.54) is 5.56 Å². The summed E-state index contributed by atoms with van der Waals surface area (Å²) in [7, 11) is 0. The van der Waals surface area contributed by atoms with E-state index in [1.807, 2.05) is 32.0 Å². The van der Waals surface area contributed by atoms with Crippen LogP contribution in [0.25, 0.3) is 6.08 Å². The van der Waals surface area contributed by atoms with Gasteiger partial charge in [-0.15, -0.1) is 0 Å². The maximum Gasteiger partial charge on any atom is 0.313 e. The number of rotatable bonds is 7. The van der Waals surface area contributed by atoms with Gasteiger partial charge in [0, 0.05) is 0 Å². The first-order valence-corrected chi connectivity index (χ1v) is 6.68. The molecule has 0 fully saturated rings. The molecule has 0 bridgehead atoms. The van der Waals surface area contributed by atoms with Gasteiger partial charge in [0.2, 0.25) is 0 Å². The monoisotopic (exact) mass is 258 g/mol. The van der Waals surface area contributed by atoms with E-state index in [4.69, 9.17) is 4.74 Å². The summed E-state index contributed by atoms with van der Waals surface area (Å²) in [6, 6.07) is 10.1. The fraction of sp³-hybridized carbons (Fsp3) is 0.353. The first-order chi connectivity index (χ1) is 9.15. The number of hydrogen-bond donors (Lipinski definition) is 0. The van der Waals surface area contributed by atoms with Gasteiger partial charge in [-0.3, -0.25) is 4.79 Å². The predicted molar refractivity (Wildman–Crippen MR) is 79.6 cm³/mol. The van der Waals surface area contributed by atoms with Gasteiger partial charge in [0.05, 0.1) is 12.5 Å². The van der Waals surface area contributed by atoms with E-state index in [1.54, 1.807) is 0 Å². The Morgan fingerprint density at radius 1 is 1.37 bits per heavy atom. The highest BCUT2D eigenvalue weighted by Crippen LogP contribution is 2.18. The van der Waals surface area contributed by atoms with Crippen molar-refractivity contribution < 1.29 is 9.53 Å². The summed E-state index contributed by atoms with van der Waals surface area (Å²) < 4.78 is 5.06. The number of hydrogen-bond acceptors (Lipinski definition) is 2. The zero-order chi connectivity index (χ0) is 14.1. The minimum Gasteiger partial charge on any atom is -0.466 e. The van der Waals surface area contributed by atoms with Crippen LogP contribution in [-0.4, -0.2) is 12.6 Å². The third kappa shape index (κ3) is 5.56. The highest BCUT2D eigenvalue weighted by Gasteiger charge is 2.19. The van der Waals surface area contributed by atoms with Crippen molar-refractivity contribution in [2.45, 2.75) is 26.7 Å². The van der Waals surface area contributed by atoms with Crippen LogP contribution in [0.2, 0.25) is 0 Å². The van der Waals surface area contributed by atoms with Crippen LogP contribution in [0.15, 0.2) is 48.6 Å². The fourth-order valence-corrected chi connectivity index (χ4v) is 1.85. The van der Waals surface area contributed by atoms with Gasteiger partial charge in [0.15, 0.2) is 0 Å². The number of allylic oxidation sites excluding steroid dienone is 1. The van der Waals surface area contributed by atoms with Gasteiger partial charge in [-0.05, 0) is 32.3 Å². The van der Waals surface area contributed by atoms with Crippen molar-refractivity contribution >= 4 is 12.0 Å². The van der Waals surface area contributed by atoms with Crippen molar-refractivity contribution in [2.75, 3.05) is 6.61 Å². The molecule has 0 N–H and O–H groups in total. The topological polar surface area (TPSA) is 26.3 Å². The lowest BCUT2D eigenvalue weighted by Crippen LogP contribution is -2.18. The van der Waals surface area contributed by atoms with E-state index in [0.717, 1.165) is 18.4 Å². The van der Waals surface area contributed by atoms with Gasteiger partial charge >= 0.3 is 5.97 Å². The summed E-state index contributed by atoms with van der Waals surface area (Å²) in [6.45, 7) is 7.99. The summed E-state index contributed by atoms with van der Waals surface area (Å²) in [6.07, 6.45) is 5.74. The largest absolute Gasteiger partial charge is 0.466 e. The average Bonchev–Trinajstić information content (AvgIpc) is 2.39. The number of ether oxygens (including phenoxy) is 1. The van der Waals surface area contributed by atoms with E-state index in [0.29, 0.717) is 6.61 Å². The molecule has 0 radical (unpaired) electrons. The van der Waals surface area contributed by atoms with E-state index in [-0.39, 0.29) is 11.9 Å². The van der Waals surface area contributed by atoms with E-state index in [9.17, 15) is 4.79 Å². The summed E-state index contributed by atoms with van der Waals surface area (Å²) in [4.78, 5) is 11.7. The summed E-state index contributed by atoms with van der Waals surface area (Å²) in [5, 5.41) is 0. The Kier molecular flexibility index (Phi) is 6.65. The van der Waals surface area contributed by atoms with Crippen LogP contribution in [-0.2, 0) is 9.53 Å². The highest BCUT2D eigenvalue weighted by atomic mass is 16.5. The van der Waals surface area contributed by atoms with Gasteiger partial charge in [-0.1, -0.05) is 54.6 Å². The molecular formula is C17H22O2. The maximum atomic E-state index is 11.7. The second kappa shape index (κ2) is 8.30. The van der Waals surface area contributed by atoms with Crippen molar-refractivity contribution in [3.05, 3.63) is 54.1 Å². The lowest BCUT2D eigenvalue weighted by molar-refractivity contribution is -0.146. The first-order valence-electron chi connectivity index (χ1n) is 6.68. The molecule has 0 aromatic heterocycles. The standard InChI is InChI=1S/C17H22O2/c1-4-19-17(18)16(14(2)3)13-9-8-12-15-10-6-5-7-11-15/h5-8,10-12,16H,2,4,9,13H2,1,3H3. The highest BCUT2D eigenvalue weighted by molar-refractivity contribution is 5.75. The predicted octanol–water partition coefficient (Wildman–Crippen LogP) is 4.24. The van der Waals surface area contributed by atoms with Crippen LogP contribution < -0.4 is 0 Å². The molecular weight excluding hydrogens is 236 g/mol. The molecule has 1 aromatic carbocycles. The van der Waals surface area contributed by atoms with Crippen molar-refractivity contribution in [1.29, 1.82) is 0 Å². The molecule has 2 nitrogen and oxygen atoms in total. The van der Waals surface area contributed by atoms with Gasteiger partial charge < -0.3 is 4.74 Å². The number of esters is 1. The smallest absolute Gasteiger partial charge is 0.313 e. The molecule has 1 rings (SSSR count). The number of carbonyl (C=O) groups is 1. The molecule has 102 valence electrons. The van der Waals surface area contributed by atoms with Crippen molar-refractivity contribution in [2.24, 2.45) is 5.92 Å². The van der Waals surface area contributed by atoms with Crippen molar-refractivity contribution in [3.63, 3.8) is 0 Å². The minimum absolute atomic E-state index is 0.164. The maximum absolute atomic E-state index is 11.7. The minimum atomic E-state index is -0.194. The van der Waals surface area contributed by atoms with Crippen LogP contribution in [0.5, 0.6) is 0 Å². The lowest BCUT2D eigenvalue weighted by Gasteiger charge is -2.14. The Hall–Kier alpha value is -1.83. The molecule has 0 aliphatic rings. The SMILES string of the molecule is C=C(C)C(CCC=Cc1ccccc1)C(=O)OCC. The molecule has 2 heteroatoms. The molecule has 1 atom stereocenters. The quantitative estimate of drug-likeness (QED) is 0.540. The molecule has 0 heterocycles. The molecule has 1 unspecified atom stereocenters. The van der Waals surface area contributed by atoms with Gasteiger partial charge in [-0.25, -0.2) is 0 Å².